The number of hydrogen-bond donors (Lipinski definition) is 2. The molecule has 4 nitrogen and oxygen atoms in total. The lowest BCUT2D eigenvalue weighted by atomic mass is 9.96. The van der Waals surface area contributed by atoms with Crippen molar-refractivity contribution in [2.24, 2.45) is 5.92 Å². The van der Waals surface area contributed by atoms with Crippen molar-refractivity contribution in [3.05, 3.63) is 36.0 Å². The van der Waals surface area contributed by atoms with Crippen LogP contribution in [0.4, 0.5) is 5.69 Å². The standard InChI is InChI=1S/C17H21N3O/c1-3-12(4-2)17(21)11-19-16-9-13(10-18)20-15-8-6-5-7-14(15)16/h5-9,12,17,21H,3-4,11H2,1-2H3,(H,19,20). The summed E-state index contributed by atoms with van der Waals surface area (Å²) >= 11 is 0. The summed E-state index contributed by atoms with van der Waals surface area (Å²) in [7, 11) is 0. The molecular weight excluding hydrogens is 262 g/mol. The molecule has 1 aromatic heterocycles. The predicted octanol–water partition coefficient (Wildman–Crippen LogP) is 3.32. The Hall–Kier alpha value is -2.12. The van der Waals surface area contributed by atoms with E-state index in [0.717, 1.165) is 29.4 Å². The van der Waals surface area contributed by atoms with Crippen molar-refractivity contribution >= 4 is 16.6 Å². The van der Waals surface area contributed by atoms with Crippen LogP contribution < -0.4 is 5.32 Å². The van der Waals surface area contributed by atoms with Gasteiger partial charge in [-0.05, 0) is 18.1 Å². The van der Waals surface area contributed by atoms with E-state index in [9.17, 15) is 5.11 Å². The number of anilines is 1. The Morgan fingerprint density at radius 1 is 1.29 bits per heavy atom. The third-order valence-corrected chi connectivity index (χ3v) is 3.93. The Morgan fingerprint density at radius 2 is 2.00 bits per heavy atom. The molecule has 4 heteroatoms. The number of fused-ring (bicyclic) bond motifs is 1. The van der Waals surface area contributed by atoms with Gasteiger partial charge >= 0.3 is 0 Å². The first-order chi connectivity index (χ1) is 10.2. The zero-order valence-electron chi connectivity index (χ0n) is 12.5. The number of rotatable bonds is 6. The van der Waals surface area contributed by atoms with E-state index >= 15 is 0 Å². The summed E-state index contributed by atoms with van der Waals surface area (Å²) in [5, 5.41) is 23.5. The number of benzene rings is 1. The lowest BCUT2D eigenvalue weighted by Crippen LogP contribution is -2.27. The molecule has 2 aromatic rings. The smallest absolute Gasteiger partial charge is 0.143 e. The fraction of sp³-hybridized carbons (Fsp3) is 0.412. The summed E-state index contributed by atoms with van der Waals surface area (Å²) in [6, 6.07) is 11.5. The summed E-state index contributed by atoms with van der Waals surface area (Å²) in [5.74, 6) is 0.293. The molecular formula is C17H21N3O. The second-order valence-electron chi connectivity index (χ2n) is 5.21. The van der Waals surface area contributed by atoms with Crippen LogP contribution in [-0.4, -0.2) is 22.7 Å². The van der Waals surface area contributed by atoms with Gasteiger partial charge in [0.2, 0.25) is 0 Å². The van der Waals surface area contributed by atoms with Crippen LogP contribution in [0.3, 0.4) is 0 Å². The van der Waals surface area contributed by atoms with Crippen molar-refractivity contribution in [2.45, 2.75) is 32.8 Å². The van der Waals surface area contributed by atoms with Gasteiger partial charge in [-0.1, -0.05) is 44.9 Å². The maximum Gasteiger partial charge on any atom is 0.143 e. The number of aliphatic hydroxyl groups is 1. The SMILES string of the molecule is CCC(CC)C(O)CNc1cc(C#N)nc2ccccc12. The number of pyridine rings is 1. The highest BCUT2D eigenvalue weighted by molar-refractivity contribution is 5.91. The van der Waals surface area contributed by atoms with E-state index in [1.54, 1.807) is 6.07 Å². The third-order valence-electron chi connectivity index (χ3n) is 3.93. The van der Waals surface area contributed by atoms with Gasteiger partial charge in [0.05, 0.1) is 11.6 Å². The zero-order valence-corrected chi connectivity index (χ0v) is 12.5. The molecule has 0 spiro atoms. The maximum absolute atomic E-state index is 10.2. The molecule has 0 radical (unpaired) electrons. The summed E-state index contributed by atoms with van der Waals surface area (Å²) in [4.78, 5) is 4.29. The lowest BCUT2D eigenvalue weighted by molar-refractivity contribution is 0.114. The van der Waals surface area contributed by atoms with Crippen molar-refractivity contribution in [1.29, 1.82) is 5.26 Å². The van der Waals surface area contributed by atoms with Crippen LogP contribution >= 0.6 is 0 Å². The molecule has 0 aliphatic carbocycles. The molecule has 0 bridgehead atoms. The van der Waals surface area contributed by atoms with Gasteiger partial charge in [-0.2, -0.15) is 5.26 Å². The highest BCUT2D eigenvalue weighted by atomic mass is 16.3. The number of aliphatic hydroxyl groups excluding tert-OH is 1. The monoisotopic (exact) mass is 283 g/mol. The van der Waals surface area contributed by atoms with Crippen LogP contribution in [0.5, 0.6) is 0 Å². The van der Waals surface area contributed by atoms with Crippen LogP contribution in [0, 0.1) is 17.2 Å². The Morgan fingerprint density at radius 3 is 2.67 bits per heavy atom. The summed E-state index contributed by atoms with van der Waals surface area (Å²) in [6.45, 7) is 4.66. The van der Waals surface area contributed by atoms with E-state index in [1.807, 2.05) is 24.3 Å². The van der Waals surface area contributed by atoms with E-state index < -0.39 is 6.10 Å². The number of hydrogen-bond acceptors (Lipinski definition) is 4. The molecule has 0 fully saturated rings. The molecule has 2 N–H and O–H groups in total. The molecule has 0 saturated heterocycles. The number of para-hydroxylation sites is 1. The molecule has 2 rings (SSSR count). The van der Waals surface area contributed by atoms with E-state index in [-0.39, 0.29) is 0 Å². The number of nitrogens with one attached hydrogen (secondary N) is 1. The van der Waals surface area contributed by atoms with Gasteiger partial charge in [0.1, 0.15) is 11.8 Å². The van der Waals surface area contributed by atoms with Crippen molar-refractivity contribution < 1.29 is 5.11 Å². The van der Waals surface area contributed by atoms with Gasteiger partial charge in [0, 0.05) is 17.6 Å². The fourth-order valence-electron chi connectivity index (χ4n) is 2.59. The fourth-order valence-corrected chi connectivity index (χ4v) is 2.59. The second-order valence-corrected chi connectivity index (χ2v) is 5.21. The van der Waals surface area contributed by atoms with Gasteiger partial charge in [0.15, 0.2) is 0 Å². The summed E-state index contributed by atoms with van der Waals surface area (Å²) in [5.41, 5.74) is 2.02. The van der Waals surface area contributed by atoms with Gasteiger partial charge in [-0.3, -0.25) is 0 Å². The van der Waals surface area contributed by atoms with Gasteiger partial charge < -0.3 is 10.4 Å². The first-order valence-electron chi connectivity index (χ1n) is 7.41. The maximum atomic E-state index is 10.2. The number of aromatic nitrogens is 1. The van der Waals surface area contributed by atoms with Gasteiger partial charge in [-0.15, -0.1) is 0 Å². The van der Waals surface area contributed by atoms with Crippen molar-refractivity contribution in [2.75, 3.05) is 11.9 Å². The number of nitriles is 1. The molecule has 1 atom stereocenters. The molecule has 21 heavy (non-hydrogen) atoms. The van der Waals surface area contributed by atoms with Crippen LogP contribution in [0.1, 0.15) is 32.4 Å². The van der Waals surface area contributed by atoms with E-state index in [4.69, 9.17) is 5.26 Å². The Kier molecular flexibility index (Phi) is 5.13. The minimum Gasteiger partial charge on any atom is -0.391 e. The topological polar surface area (TPSA) is 68.9 Å². The minimum atomic E-state index is -0.391. The largest absolute Gasteiger partial charge is 0.391 e. The average molecular weight is 283 g/mol. The molecule has 0 aliphatic rings. The molecule has 110 valence electrons. The molecule has 0 aliphatic heterocycles. The Balaban J connectivity index is 2.23. The minimum absolute atomic E-state index is 0.293. The second kappa shape index (κ2) is 7.05. The van der Waals surface area contributed by atoms with Crippen molar-refractivity contribution in [3.63, 3.8) is 0 Å². The Labute approximate surface area is 125 Å². The first kappa shape index (κ1) is 15.3. The predicted molar refractivity (Wildman–Crippen MR) is 85.0 cm³/mol. The zero-order chi connectivity index (χ0) is 15.2. The van der Waals surface area contributed by atoms with Crippen LogP contribution in [0.2, 0.25) is 0 Å². The molecule has 1 unspecified atom stereocenters. The van der Waals surface area contributed by atoms with Crippen LogP contribution in [-0.2, 0) is 0 Å². The van der Waals surface area contributed by atoms with Gasteiger partial charge in [0.25, 0.3) is 0 Å². The Bertz CT molecular complexity index is 644. The molecule has 1 heterocycles. The van der Waals surface area contributed by atoms with Crippen molar-refractivity contribution in [1.82, 2.24) is 4.98 Å². The van der Waals surface area contributed by atoms with Gasteiger partial charge in [-0.25, -0.2) is 4.98 Å². The van der Waals surface area contributed by atoms with Crippen molar-refractivity contribution in [3.8, 4) is 6.07 Å². The van der Waals surface area contributed by atoms with E-state index in [0.29, 0.717) is 18.2 Å². The van der Waals surface area contributed by atoms with Crippen LogP contribution in [0.15, 0.2) is 30.3 Å². The third kappa shape index (κ3) is 3.50. The molecule has 0 amide bonds. The quantitative estimate of drug-likeness (QED) is 0.853. The number of nitrogens with zero attached hydrogens (tertiary/aromatic N) is 2. The van der Waals surface area contributed by atoms with E-state index in [1.165, 1.54) is 0 Å². The van der Waals surface area contributed by atoms with Crippen LogP contribution in [0.25, 0.3) is 10.9 Å². The molecule has 1 aromatic carbocycles. The lowest BCUT2D eigenvalue weighted by Gasteiger charge is -2.21. The summed E-state index contributed by atoms with van der Waals surface area (Å²) in [6.07, 6.45) is 1.53. The summed E-state index contributed by atoms with van der Waals surface area (Å²) < 4.78 is 0. The highest BCUT2D eigenvalue weighted by Gasteiger charge is 2.15. The first-order valence-corrected chi connectivity index (χ1v) is 7.41. The average Bonchev–Trinajstić information content (AvgIpc) is 2.53. The normalized spacial score (nSPS) is 12.3. The van der Waals surface area contributed by atoms with E-state index in [2.05, 4.69) is 30.2 Å². The highest BCUT2D eigenvalue weighted by Crippen LogP contribution is 2.23. The molecule has 0 saturated carbocycles.